The van der Waals surface area contributed by atoms with Crippen LogP contribution in [0.3, 0.4) is 0 Å². The smallest absolute Gasteiger partial charge is 0.200 e. The van der Waals surface area contributed by atoms with Crippen LogP contribution in [0.25, 0.3) is 0 Å². The van der Waals surface area contributed by atoms with Crippen LogP contribution in [-0.4, -0.2) is 15.3 Å². The molecule has 1 aromatic carbocycles. The molecule has 29 heavy (non-hydrogen) atoms. The molecule has 3 N–H and O–H groups in total. The van der Waals surface area contributed by atoms with Crippen molar-refractivity contribution >= 4 is 0 Å². The van der Waals surface area contributed by atoms with Gasteiger partial charge in [0.05, 0.1) is 0 Å². The number of phenolic OH excluding ortho intramolecular Hbond substituents is 3. The molecule has 2 atom stereocenters. The van der Waals surface area contributed by atoms with Gasteiger partial charge < -0.3 is 15.3 Å². The first-order valence-corrected chi connectivity index (χ1v) is 11.6. The van der Waals surface area contributed by atoms with E-state index in [-0.39, 0.29) is 11.5 Å². The van der Waals surface area contributed by atoms with E-state index in [0.717, 1.165) is 24.2 Å². The summed E-state index contributed by atoms with van der Waals surface area (Å²) in [4.78, 5) is 0. The molecule has 0 saturated heterocycles. The lowest BCUT2D eigenvalue weighted by Gasteiger charge is -2.15. The molecule has 0 heterocycles. The molecular weight excluding hydrogens is 360 g/mol. The Hall–Kier alpha value is -1.64. The first-order valence-electron chi connectivity index (χ1n) is 11.6. The van der Waals surface area contributed by atoms with Crippen molar-refractivity contribution in [3.05, 3.63) is 29.3 Å². The molecule has 1 rings (SSSR count). The topological polar surface area (TPSA) is 60.7 Å². The molecule has 0 spiro atoms. The summed E-state index contributed by atoms with van der Waals surface area (Å²) in [5.74, 6) is 1.54. The Morgan fingerprint density at radius 3 is 1.93 bits per heavy atom. The third-order valence-electron chi connectivity index (χ3n) is 6.02. The number of phenols is 3. The van der Waals surface area contributed by atoms with Crippen molar-refractivity contribution in [1.29, 1.82) is 0 Å². The number of benzene rings is 1. The van der Waals surface area contributed by atoms with Crippen LogP contribution in [0.4, 0.5) is 0 Å². The van der Waals surface area contributed by atoms with Crippen LogP contribution >= 0.6 is 0 Å². The normalized spacial score (nSPS) is 14.3. The summed E-state index contributed by atoms with van der Waals surface area (Å²) in [5, 5.41) is 28.9. The maximum atomic E-state index is 9.89. The summed E-state index contributed by atoms with van der Waals surface area (Å²) < 4.78 is 0. The molecule has 3 heteroatoms. The maximum absolute atomic E-state index is 9.89. The third-order valence-corrected chi connectivity index (χ3v) is 6.02. The van der Waals surface area contributed by atoms with Gasteiger partial charge in [0, 0.05) is 5.56 Å². The zero-order valence-corrected chi connectivity index (χ0v) is 19.4. The minimum atomic E-state index is -0.434. The molecule has 0 fully saturated rings. The molecule has 0 aliphatic carbocycles. The van der Waals surface area contributed by atoms with Crippen LogP contribution in [0.5, 0.6) is 17.2 Å². The summed E-state index contributed by atoms with van der Waals surface area (Å²) in [6, 6.07) is 3.07. The van der Waals surface area contributed by atoms with E-state index in [4.69, 9.17) is 0 Å². The zero-order valence-electron chi connectivity index (χ0n) is 19.4. The van der Waals surface area contributed by atoms with Gasteiger partial charge in [0.15, 0.2) is 11.5 Å². The highest BCUT2D eigenvalue weighted by Gasteiger charge is 2.10. The van der Waals surface area contributed by atoms with Gasteiger partial charge >= 0.3 is 0 Å². The van der Waals surface area contributed by atoms with E-state index in [1.165, 1.54) is 63.0 Å². The van der Waals surface area contributed by atoms with Crippen molar-refractivity contribution in [2.75, 3.05) is 0 Å². The summed E-state index contributed by atoms with van der Waals surface area (Å²) in [6.45, 7) is 11.5. The Morgan fingerprint density at radius 1 is 0.793 bits per heavy atom. The van der Waals surface area contributed by atoms with E-state index >= 15 is 0 Å². The first-order chi connectivity index (χ1) is 13.7. The third kappa shape index (κ3) is 10.6. The van der Waals surface area contributed by atoms with Crippen molar-refractivity contribution in [2.24, 2.45) is 17.8 Å². The Balaban J connectivity index is 2.20. The minimum Gasteiger partial charge on any atom is -0.504 e. The van der Waals surface area contributed by atoms with E-state index in [1.807, 2.05) is 0 Å². The molecule has 0 aliphatic heterocycles. The van der Waals surface area contributed by atoms with Gasteiger partial charge in [-0.1, -0.05) is 90.4 Å². The van der Waals surface area contributed by atoms with Crippen molar-refractivity contribution in [1.82, 2.24) is 0 Å². The minimum absolute atomic E-state index is 0.221. The second-order valence-electron chi connectivity index (χ2n) is 9.55. The number of hydrogen-bond acceptors (Lipinski definition) is 3. The number of hydrogen-bond donors (Lipinski definition) is 3. The van der Waals surface area contributed by atoms with Gasteiger partial charge in [-0.15, -0.1) is 0 Å². The standard InChI is InChI=1S/C26H44O3/c1-19(2)9-6-10-20(3)11-7-12-21(4)13-8-14-22(5)15-16-23-17-18-24(27)26(29)25(23)28/h15,17-21,27-29H,6-14,16H2,1-5H3. The van der Waals surface area contributed by atoms with Crippen molar-refractivity contribution in [3.8, 4) is 17.2 Å². The molecule has 0 aliphatic rings. The van der Waals surface area contributed by atoms with Gasteiger partial charge in [-0.25, -0.2) is 0 Å². The largest absolute Gasteiger partial charge is 0.504 e. The summed E-state index contributed by atoms with van der Waals surface area (Å²) >= 11 is 0. The molecule has 0 amide bonds. The number of allylic oxidation sites excluding steroid dienone is 2. The Labute approximate surface area is 178 Å². The number of rotatable bonds is 14. The quantitative estimate of drug-likeness (QED) is 0.219. The molecule has 0 bridgehead atoms. The average Bonchev–Trinajstić information content (AvgIpc) is 2.65. The van der Waals surface area contributed by atoms with E-state index in [1.54, 1.807) is 6.07 Å². The maximum Gasteiger partial charge on any atom is 0.200 e. The highest BCUT2D eigenvalue weighted by Crippen LogP contribution is 2.37. The fourth-order valence-electron chi connectivity index (χ4n) is 3.87. The van der Waals surface area contributed by atoms with Crippen LogP contribution < -0.4 is 0 Å². The lowest BCUT2D eigenvalue weighted by atomic mass is 9.91. The fourth-order valence-corrected chi connectivity index (χ4v) is 3.87. The molecule has 0 saturated carbocycles. The van der Waals surface area contributed by atoms with Crippen molar-refractivity contribution in [2.45, 2.75) is 98.8 Å². The first kappa shape index (κ1) is 25.4. The molecule has 2 unspecified atom stereocenters. The zero-order chi connectivity index (χ0) is 21.8. The van der Waals surface area contributed by atoms with Gasteiger partial charge in [-0.2, -0.15) is 0 Å². The van der Waals surface area contributed by atoms with Crippen molar-refractivity contribution in [3.63, 3.8) is 0 Å². The van der Waals surface area contributed by atoms with Crippen LogP contribution in [-0.2, 0) is 6.42 Å². The van der Waals surface area contributed by atoms with E-state index in [0.29, 0.717) is 12.0 Å². The molecular formula is C26H44O3. The van der Waals surface area contributed by atoms with Gasteiger partial charge in [0.25, 0.3) is 0 Å². The average molecular weight is 405 g/mol. The van der Waals surface area contributed by atoms with Crippen LogP contribution in [0.1, 0.15) is 98.0 Å². The Morgan fingerprint density at radius 2 is 1.34 bits per heavy atom. The van der Waals surface area contributed by atoms with Gasteiger partial charge in [-0.3, -0.25) is 0 Å². The predicted octanol–water partition coefficient (Wildman–Crippen LogP) is 7.73. The van der Waals surface area contributed by atoms with Gasteiger partial charge in [-0.05, 0) is 50.0 Å². The van der Waals surface area contributed by atoms with E-state index < -0.39 is 5.75 Å². The van der Waals surface area contributed by atoms with Crippen LogP contribution in [0.15, 0.2) is 23.8 Å². The van der Waals surface area contributed by atoms with Crippen molar-refractivity contribution < 1.29 is 15.3 Å². The number of aromatic hydroxyl groups is 3. The monoisotopic (exact) mass is 404 g/mol. The molecule has 0 radical (unpaired) electrons. The lowest BCUT2D eigenvalue weighted by molar-refractivity contribution is 0.365. The summed E-state index contributed by atoms with van der Waals surface area (Å²) in [6.07, 6.45) is 14.4. The molecule has 166 valence electrons. The van der Waals surface area contributed by atoms with Crippen LogP contribution in [0, 0.1) is 17.8 Å². The highest BCUT2D eigenvalue weighted by atomic mass is 16.3. The summed E-state index contributed by atoms with van der Waals surface area (Å²) in [7, 11) is 0. The SMILES string of the molecule is CC(=CCc1ccc(O)c(O)c1O)CCCC(C)CCCC(C)CCCC(C)C. The second kappa shape index (κ2) is 13.6. The van der Waals surface area contributed by atoms with Gasteiger partial charge in [0.1, 0.15) is 0 Å². The molecule has 3 nitrogen and oxygen atoms in total. The highest BCUT2D eigenvalue weighted by molar-refractivity contribution is 5.53. The van der Waals surface area contributed by atoms with Gasteiger partial charge in [0.2, 0.25) is 5.75 Å². The summed E-state index contributed by atoms with van der Waals surface area (Å²) in [5.41, 5.74) is 1.94. The lowest BCUT2D eigenvalue weighted by Crippen LogP contribution is -2.00. The van der Waals surface area contributed by atoms with E-state index in [9.17, 15) is 15.3 Å². The van der Waals surface area contributed by atoms with Crippen LogP contribution in [0.2, 0.25) is 0 Å². The second-order valence-corrected chi connectivity index (χ2v) is 9.55. The molecule has 1 aromatic rings. The fraction of sp³-hybridized carbons (Fsp3) is 0.692. The Kier molecular flexibility index (Phi) is 11.9. The van der Waals surface area contributed by atoms with E-state index in [2.05, 4.69) is 40.7 Å². The molecule has 0 aromatic heterocycles. The predicted molar refractivity (Wildman–Crippen MR) is 124 cm³/mol. The Bertz CT molecular complexity index is 619.